The number of hydrogen-bond donors (Lipinski definition) is 0. The van der Waals surface area contributed by atoms with Crippen molar-refractivity contribution in [2.75, 3.05) is 12.0 Å². The molecule has 7 heteroatoms. The van der Waals surface area contributed by atoms with Gasteiger partial charge in [-0.25, -0.2) is 14.3 Å². The van der Waals surface area contributed by atoms with Crippen LogP contribution in [0.15, 0.2) is 41.7 Å². The molecule has 2 heterocycles. The first-order chi connectivity index (χ1) is 10.2. The molecule has 7 nitrogen and oxygen atoms in total. The summed E-state index contributed by atoms with van der Waals surface area (Å²) >= 11 is 0. The lowest BCUT2D eigenvalue weighted by Crippen LogP contribution is -2.33. The van der Waals surface area contributed by atoms with Crippen LogP contribution in [-0.2, 0) is 13.1 Å². The number of aromatic nitrogens is 3. The number of amides is 1. The molecular formula is C14H14N4O3. The lowest BCUT2D eigenvalue weighted by atomic mass is 10.3. The second-order valence-corrected chi connectivity index (χ2v) is 4.56. The number of carbonyl (C=O) groups is 1. The van der Waals surface area contributed by atoms with Crippen LogP contribution in [0.5, 0.6) is 5.75 Å². The SMILES string of the molecule is C=CCn1c(=O)nc2n1C(=O)N(c1cccc(OC)c1)C2. The Bertz CT molecular complexity index is 775. The summed E-state index contributed by atoms with van der Waals surface area (Å²) in [5, 5.41) is 0. The van der Waals surface area contributed by atoms with E-state index in [4.69, 9.17) is 4.74 Å². The molecule has 0 radical (unpaired) electrons. The maximum atomic E-state index is 12.5. The predicted molar refractivity (Wildman–Crippen MR) is 76.7 cm³/mol. The van der Waals surface area contributed by atoms with Crippen molar-refractivity contribution in [3.05, 3.63) is 53.2 Å². The Morgan fingerprint density at radius 3 is 2.95 bits per heavy atom. The van der Waals surface area contributed by atoms with Gasteiger partial charge in [0.15, 0.2) is 5.82 Å². The molecule has 1 aliphatic rings. The first-order valence-corrected chi connectivity index (χ1v) is 6.41. The highest BCUT2D eigenvalue weighted by molar-refractivity contribution is 5.95. The normalized spacial score (nSPS) is 13.4. The van der Waals surface area contributed by atoms with Crippen LogP contribution in [-0.4, -0.2) is 27.5 Å². The number of ether oxygens (including phenoxy) is 1. The van der Waals surface area contributed by atoms with Gasteiger partial charge in [-0.05, 0) is 12.1 Å². The fourth-order valence-corrected chi connectivity index (χ4v) is 2.34. The van der Waals surface area contributed by atoms with E-state index in [-0.39, 0.29) is 19.1 Å². The summed E-state index contributed by atoms with van der Waals surface area (Å²) in [6, 6.07) is 6.87. The van der Waals surface area contributed by atoms with Crippen LogP contribution in [0.2, 0.25) is 0 Å². The number of nitrogens with zero attached hydrogens (tertiary/aromatic N) is 4. The van der Waals surface area contributed by atoms with Crippen molar-refractivity contribution in [3.63, 3.8) is 0 Å². The average molecular weight is 286 g/mol. The highest BCUT2D eigenvalue weighted by atomic mass is 16.5. The zero-order valence-electron chi connectivity index (χ0n) is 11.5. The van der Waals surface area contributed by atoms with Crippen LogP contribution >= 0.6 is 0 Å². The molecule has 1 aliphatic heterocycles. The summed E-state index contributed by atoms with van der Waals surface area (Å²) in [5.74, 6) is 1.09. The average Bonchev–Trinajstić information content (AvgIpc) is 2.97. The molecule has 1 aromatic carbocycles. The van der Waals surface area contributed by atoms with Gasteiger partial charge in [0, 0.05) is 11.8 Å². The third-order valence-corrected chi connectivity index (χ3v) is 3.31. The molecule has 0 saturated heterocycles. The molecule has 0 saturated carbocycles. The van der Waals surface area contributed by atoms with Gasteiger partial charge in [0.25, 0.3) is 0 Å². The van der Waals surface area contributed by atoms with E-state index in [1.807, 2.05) is 6.07 Å². The monoisotopic (exact) mass is 286 g/mol. The fourth-order valence-electron chi connectivity index (χ4n) is 2.34. The van der Waals surface area contributed by atoms with Gasteiger partial charge >= 0.3 is 11.7 Å². The Kier molecular flexibility index (Phi) is 3.09. The van der Waals surface area contributed by atoms with E-state index in [9.17, 15) is 9.59 Å². The number of rotatable bonds is 4. The van der Waals surface area contributed by atoms with Crippen LogP contribution < -0.4 is 15.3 Å². The predicted octanol–water partition coefficient (Wildman–Crippen LogP) is 1.23. The van der Waals surface area contributed by atoms with Gasteiger partial charge in [0.05, 0.1) is 20.2 Å². The fraction of sp³-hybridized carbons (Fsp3) is 0.214. The molecule has 0 fully saturated rings. The summed E-state index contributed by atoms with van der Waals surface area (Å²) in [6.07, 6.45) is 1.55. The molecule has 1 amide bonds. The molecule has 3 rings (SSSR count). The maximum Gasteiger partial charge on any atom is 0.364 e. The topological polar surface area (TPSA) is 69.4 Å². The van der Waals surface area contributed by atoms with Crippen molar-refractivity contribution in [2.24, 2.45) is 0 Å². The Morgan fingerprint density at radius 2 is 2.24 bits per heavy atom. The smallest absolute Gasteiger partial charge is 0.364 e. The summed E-state index contributed by atoms with van der Waals surface area (Å²) in [5.41, 5.74) is 0.256. The molecule has 0 spiro atoms. The van der Waals surface area contributed by atoms with Gasteiger partial charge < -0.3 is 4.74 Å². The number of allylic oxidation sites excluding steroid dienone is 1. The zero-order chi connectivity index (χ0) is 15.0. The molecule has 0 N–H and O–H groups in total. The number of carbonyl (C=O) groups excluding carboxylic acids is 1. The largest absolute Gasteiger partial charge is 0.497 e. The maximum absolute atomic E-state index is 12.5. The summed E-state index contributed by atoms with van der Waals surface area (Å²) < 4.78 is 7.72. The van der Waals surface area contributed by atoms with E-state index < -0.39 is 5.69 Å². The van der Waals surface area contributed by atoms with E-state index in [1.54, 1.807) is 36.3 Å². The Labute approximate surface area is 120 Å². The molecule has 108 valence electrons. The van der Waals surface area contributed by atoms with E-state index in [1.165, 1.54) is 9.36 Å². The first kappa shape index (κ1) is 13.2. The number of hydrogen-bond acceptors (Lipinski definition) is 4. The number of fused-ring (bicyclic) bond motifs is 1. The number of methoxy groups -OCH3 is 1. The van der Waals surface area contributed by atoms with Crippen LogP contribution in [0.3, 0.4) is 0 Å². The van der Waals surface area contributed by atoms with Crippen molar-refractivity contribution >= 4 is 11.7 Å². The van der Waals surface area contributed by atoms with Gasteiger partial charge in [0.1, 0.15) is 5.75 Å². The first-order valence-electron chi connectivity index (χ1n) is 6.41. The standard InChI is InChI=1S/C14H14N4O3/c1-3-7-17-13(19)15-12-9-16(14(20)18(12)17)10-5-4-6-11(8-10)21-2/h3-6,8H,1,7,9H2,2H3. The lowest BCUT2D eigenvalue weighted by Gasteiger charge is -2.16. The van der Waals surface area contributed by atoms with E-state index >= 15 is 0 Å². The van der Waals surface area contributed by atoms with Gasteiger partial charge in [0.2, 0.25) is 0 Å². The van der Waals surface area contributed by atoms with Crippen molar-refractivity contribution in [1.82, 2.24) is 14.3 Å². The van der Waals surface area contributed by atoms with Crippen LogP contribution in [0.1, 0.15) is 5.82 Å². The molecule has 2 aromatic rings. The summed E-state index contributed by atoms with van der Waals surface area (Å²) in [7, 11) is 1.57. The number of anilines is 1. The van der Waals surface area contributed by atoms with Crippen molar-refractivity contribution in [3.8, 4) is 5.75 Å². The summed E-state index contributed by atoms with van der Waals surface area (Å²) in [6.45, 7) is 4.08. The quantitative estimate of drug-likeness (QED) is 0.793. The molecule has 0 unspecified atom stereocenters. The van der Waals surface area contributed by atoms with Crippen LogP contribution in [0.4, 0.5) is 10.5 Å². The molecule has 0 aliphatic carbocycles. The van der Waals surface area contributed by atoms with Crippen molar-refractivity contribution in [2.45, 2.75) is 13.1 Å². The second kappa shape index (κ2) is 4.93. The lowest BCUT2D eigenvalue weighted by molar-refractivity contribution is 0.244. The third-order valence-electron chi connectivity index (χ3n) is 3.31. The minimum absolute atomic E-state index is 0.240. The zero-order valence-corrected chi connectivity index (χ0v) is 11.5. The second-order valence-electron chi connectivity index (χ2n) is 4.56. The Hall–Kier alpha value is -2.83. The highest BCUT2D eigenvalue weighted by Gasteiger charge is 2.33. The molecule has 0 bridgehead atoms. The van der Waals surface area contributed by atoms with Crippen LogP contribution in [0, 0.1) is 0 Å². The summed E-state index contributed by atoms with van der Waals surface area (Å²) in [4.78, 5) is 29.7. The van der Waals surface area contributed by atoms with Crippen LogP contribution in [0.25, 0.3) is 0 Å². The Morgan fingerprint density at radius 1 is 1.43 bits per heavy atom. The van der Waals surface area contributed by atoms with Gasteiger partial charge in [-0.3, -0.25) is 4.90 Å². The van der Waals surface area contributed by atoms with Crippen molar-refractivity contribution < 1.29 is 9.53 Å². The molecule has 0 atom stereocenters. The molecular weight excluding hydrogens is 272 g/mol. The number of benzene rings is 1. The Balaban J connectivity index is 2.00. The highest BCUT2D eigenvalue weighted by Crippen LogP contribution is 2.26. The van der Waals surface area contributed by atoms with Gasteiger partial charge in [-0.1, -0.05) is 12.1 Å². The van der Waals surface area contributed by atoms with E-state index in [2.05, 4.69) is 11.6 Å². The molecule has 1 aromatic heterocycles. The van der Waals surface area contributed by atoms with Crippen molar-refractivity contribution in [1.29, 1.82) is 0 Å². The minimum atomic E-state index is -0.441. The third kappa shape index (κ3) is 2.03. The van der Waals surface area contributed by atoms with E-state index in [0.29, 0.717) is 17.3 Å². The minimum Gasteiger partial charge on any atom is -0.497 e. The van der Waals surface area contributed by atoms with E-state index in [0.717, 1.165) is 0 Å². The van der Waals surface area contributed by atoms with Gasteiger partial charge in [-0.2, -0.15) is 9.67 Å². The van der Waals surface area contributed by atoms with Gasteiger partial charge in [-0.15, -0.1) is 6.58 Å². The molecule has 21 heavy (non-hydrogen) atoms.